The fourth-order valence-electron chi connectivity index (χ4n) is 1.29. The molecule has 3 unspecified atom stereocenters. The number of rotatable bonds is 3. The summed E-state index contributed by atoms with van der Waals surface area (Å²) in [7, 11) is 2.84. The molecule has 1 aliphatic heterocycles. The molecule has 1 aliphatic rings. The highest BCUT2D eigenvalue weighted by atomic mass is 16.5. The zero-order valence-corrected chi connectivity index (χ0v) is 6.94. The van der Waals surface area contributed by atoms with E-state index in [1.807, 2.05) is 0 Å². The van der Waals surface area contributed by atoms with Crippen LogP contribution in [0.25, 0.3) is 0 Å². The second-order valence-corrected chi connectivity index (χ2v) is 2.53. The van der Waals surface area contributed by atoms with Gasteiger partial charge in [0.1, 0.15) is 18.4 Å². The Bertz CT molecular complexity index is 194. The van der Waals surface area contributed by atoms with E-state index in [0.29, 0.717) is 6.29 Å². The van der Waals surface area contributed by atoms with Gasteiger partial charge in [0.15, 0.2) is 6.10 Å². The van der Waals surface area contributed by atoms with Gasteiger partial charge in [0.25, 0.3) is 5.91 Å². The monoisotopic (exact) mass is 173 g/mol. The Hall–Kier alpha value is -0.940. The normalized spacial score (nSPS) is 34.8. The van der Waals surface area contributed by atoms with E-state index in [1.54, 1.807) is 0 Å². The minimum atomic E-state index is -0.676. The number of hydrogen-bond donors (Lipinski definition) is 1. The van der Waals surface area contributed by atoms with Gasteiger partial charge in [-0.1, -0.05) is 0 Å². The second kappa shape index (κ2) is 3.64. The van der Waals surface area contributed by atoms with Crippen LogP contribution >= 0.6 is 0 Å². The number of amides is 1. The van der Waals surface area contributed by atoms with Crippen molar-refractivity contribution in [2.24, 2.45) is 0 Å². The molecule has 0 spiro atoms. The Labute approximate surface area is 70.0 Å². The van der Waals surface area contributed by atoms with Crippen molar-refractivity contribution >= 4 is 12.2 Å². The summed E-state index contributed by atoms with van der Waals surface area (Å²) in [4.78, 5) is 21.5. The molecular weight excluding hydrogens is 162 g/mol. The summed E-state index contributed by atoms with van der Waals surface area (Å²) in [6.45, 7) is 0. The molecule has 0 aliphatic carbocycles. The zero-order chi connectivity index (χ0) is 9.14. The topological polar surface area (TPSA) is 64.6 Å². The Balaban J connectivity index is 2.74. The second-order valence-electron chi connectivity index (χ2n) is 2.53. The lowest BCUT2D eigenvalue weighted by Gasteiger charge is -2.15. The molecule has 1 fully saturated rings. The van der Waals surface area contributed by atoms with Gasteiger partial charge in [-0.3, -0.25) is 4.79 Å². The quantitative estimate of drug-likeness (QED) is 0.539. The van der Waals surface area contributed by atoms with Gasteiger partial charge in [0.2, 0.25) is 0 Å². The highest BCUT2D eigenvalue weighted by molar-refractivity contribution is 5.88. The van der Waals surface area contributed by atoms with Gasteiger partial charge < -0.3 is 19.6 Å². The summed E-state index contributed by atoms with van der Waals surface area (Å²) in [6, 6.07) is -0.590. The first kappa shape index (κ1) is 9.15. The third-order valence-electron chi connectivity index (χ3n) is 1.89. The lowest BCUT2D eigenvalue weighted by Crippen LogP contribution is -2.36. The molecular formula is C7H11NO4. The van der Waals surface area contributed by atoms with Crippen molar-refractivity contribution in [2.45, 2.75) is 18.2 Å². The molecule has 1 N–H and O–H groups in total. The summed E-state index contributed by atoms with van der Waals surface area (Å²) in [5.41, 5.74) is 0. The minimum Gasteiger partial charge on any atom is -0.376 e. The third-order valence-corrected chi connectivity index (χ3v) is 1.89. The number of methoxy groups -OCH3 is 2. The highest BCUT2D eigenvalue weighted by Gasteiger charge is 2.42. The lowest BCUT2D eigenvalue weighted by atomic mass is 10.1. The van der Waals surface area contributed by atoms with E-state index in [-0.39, 0.29) is 5.91 Å². The lowest BCUT2D eigenvalue weighted by molar-refractivity contribution is -0.131. The molecule has 1 amide bonds. The van der Waals surface area contributed by atoms with Crippen LogP contribution in [0, 0.1) is 0 Å². The first-order valence-electron chi connectivity index (χ1n) is 3.56. The first-order valence-corrected chi connectivity index (χ1v) is 3.56. The van der Waals surface area contributed by atoms with Gasteiger partial charge in [0.05, 0.1) is 0 Å². The van der Waals surface area contributed by atoms with E-state index in [1.165, 1.54) is 14.2 Å². The van der Waals surface area contributed by atoms with Crippen LogP contribution in [0.5, 0.6) is 0 Å². The standard InChI is InChI=1S/C7H11NO4/c1-11-5-4(3-9)8-7(10)6(5)12-2/h3-6H,1-2H3,(H,8,10). The number of hydrogen-bond acceptors (Lipinski definition) is 4. The summed E-state index contributed by atoms with van der Waals surface area (Å²) in [5.74, 6) is -0.304. The minimum absolute atomic E-state index is 0.304. The molecule has 0 radical (unpaired) electrons. The maximum Gasteiger partial charge on any atom is 0.252 e. The predicted octanol–water partition coefficient (Wildman–Crippen LogP) is -1.29. The maximum atomic E-state index is 11.1. The SMILES string of the molecule is COC1C(=O)NC(C=O)C1OC. The summed E-state index contributed by atoms with van der Waals surface area (Å²) in [5, 5.41) is 2.45. The van der Waals surface area contributed by atoms with Crippen molar-refractivity contribution in [3.8, 4) is 0 Å². The third kappa shape index (κ3) is 1.33. The molecule has 68 valence electrons. The van der Waals surface area contributed by atoms with Gasteiger partial charge in [-0.2, -0.15) is 0 Å². The maximum absolute atomic E-state index is 11.1. The van der Waals surface area contributed by atoms with E-state index >= 15 is 0 Å². The van der Waals surface area contributed by atoms with Crippen LogP contribution in [0.1, 0.15) is 0 Å². The van der Waals surface area contributed by atoms with Crippen LogP contribution in [0.2, 0.25) is 0 Å². The fraction of sp³-hybridized carbons (Fsp3) is 0.714. The number of aldehydes is 1. The molecule has 12 heavy (non-hydrogen) atoms. The highest BCUT2D eigenvalue weighted by Crippen LogP contribution is 2.13. The van der Waals surface area contributed by atoms with Gasteiger partial charge in [-0.15, -0.1) is 0 Å². The van der Waals surface area contributed by atoms with Crippen molar-refractivity contribution in [1.82, 2.24) is 5.32 Å². The Morgan fingerprint density at radius 3 is 2.50 bits per heavy atom. The number of carbonyl (C=O) groups excluding carboxylic acids is 2. The van der Waals surface area contributed by atoms with Gasteiger partial charge in [-0.05, 0) is 0 Å². The molecule has 0 aromatic heterocycles. The molecule has 5 nitrogen and oxygen atoms in total. The molecule has 3 atom stereocenters. The van der Waals surface area contributed by atoms with Gasteiger partial charge in [0, 0.05) is 14.2 Å². The first-order chi connectivity index (χ1) is 5.74. The smallest absolute Gasteiger partial charge is 0.252 e. The molecule has 0 aromatic carbocycles. The molecule has 0 bridgehead atoms. The molecule has 0 saturated carbocycles. The number of nitrogens with one attached hydrogen (secondary N) is 1. The van der Waals surface area contributed by atoms with Crippen molar-refractivity contribution in [3.63, 3.8) is 0 Å². The summed E-state index contributed by atoms with van der Waals surface area (Å²) in [6.07, 6.45) is -0.546. The Morgan fingerprint density at radius 1 is 1.42 bits per heavy atom. The van der Waals surface area contributed by atoms with Crippen LogP contribution in [-0.2, 0) is 19.1 Å². The summed E-state index contributed by atoms with van der Waals surface area (Å²) >= 11 is 0. The fourth-order valence-corrected chi connectivity index (χ4v) is 1.29. The van der Waals surface area contributed by atoms with E-state index < -0.39 is 18.2 Å². The van der Waals surface area contributed by atoms with Crippen LogP contribution in [0.4, 0.5) is 0 Å². The van der Waals surface area contributed by atoms with E-state index in [2.05, 4.69) is 5.32 Å². The molecule has 5 heteroatoms. The molecule has 1 rings (SSSR count). The summed E-state index contributed by atoms with van der Waals surface area (Å²) < 4.78 is 9.81. The largest absolute Gasteiger partial charge is 0.376 e. The average Bonchev–Trinajstić information content (AvgIpc) is 2.40. The van der Waals surface area contributed by atoms with Crippen LogP contribution in [0.15, 0.2) is 0 Å². The van der Waals surface area contributed by atoms with Crippen LogP contribution in [-0.4, -0.2) is 44.7 Å². The molecule has 0 aromatic rings. The number of carbonyl (C=O) groups is 2. The average molecular weight is 173 g/mol. The van der Waals surface area contributed by atoms with Crippen LogP contribution < -0.4 is 5.32 Å². The molecule has 1 saturated heterocycles. The Morgan fingerprint density at radius 2 is 2.08 bits per heavy atom. The van der Waals surface area contributed by atoms with Crippen molar-refractivity contribution in [3.05, 3.63) is 0 Å². The van der Waals surface area contributed by atoms with E-state index in [4.69, 9.17) is 9.47 Å². The van der Waals surface area contributed by atoms with E-state index in [0.717, 1.165) is 0 Å². The zero-order valence-electron chi connectivity index (χ0n) is 6.94. The Kier molecular flexibility index (Phi) is 2.78. The van der Waals surface area contributed by atoms with Crippen LogP contribution in [0.3, 0.4) is 0 Å². The van der Waals surface area contributed by atoms with Gasteiger partial charge in [-0.25, -0.2) is 0 Å². The van der Waals surface area contributed by atoms with Crippen molar-refractivity contribution < 1.29 is 19.1 Å². The van der Waals surface area contributed by atoms with Crippen molar-refractivity contribution in [1.29, 1.82) is 0 Å². The van der Waals surface area contributed by atoms with Gasteiger partial charge >= 0.3 is 0 Å². The molecule has 1 heterocycles. The van der Waals surface area contributed by atoms with Crippen molar-refractivity contribution in [2.75, 3.05) is 14.2 Å². The number of ether oxygens (including phenoxy) is 2. The van der Waals surface area contributed by atoms with E-state index in [9.17, 15) is 9.59 Å². The predicted molar refractivity (Wildman–Crippen MR) is 39.6 cm³/mol.